The van der Waals surface area contributed by atoms with Crippen molar-refractivity contribution < 1.29 is 14.4 Å². The topological polar surface area (TPSA) is 69.7 Å². The van der Waals surface area contributed by atoms with Gasteiger partial charge in [-0.1, -0.05) is 12.8 Å². The maximum Gasteiger partial charge on any atom is 0.325 e. The van der Waals surface area contributed by atoms with Crippen LogP contribution in [0.2, 0.25) is 0 Å². The third kappa shape index (κ3) is 2.25. The van der Waals surface area contributed by atoms with Crippen molar-refractivity contribution in [2.24, 2.45) is 0 Å². The summed E-state index contributed by atoms with van der Waals surface area (Å²) < 4.78 is 0. The number of amides is 4. The average molecular weight is 347 g/mol. The normalized spacial score (nSPS) is 25.3. The number of carbonyl (C=O) groups excluding carboxylic acids is 3. The summed E-state index contributed by atoms with van der Waals surface area (Å²) in [5.41, 5.74) is 0.440. The molecule has 6 nitrogen and oxygen atoms in total. The number of nitrogens with zero attached hydrogens (tertiary/aromatic N) is 2. The molecule has 1 atom stereocenters. The number of hydrogen-bond donors (Lipinski definition) is 1. The number of nitrogens with one attached hydrogen (secondary N) is 1. The van der Waals surface area contributed by atoms with E-state index in [0.29, 0.717) is 19.4 Å². The van der Waals surface area contributed by atoms with E-state index >= 15 is 0 Å². The summed E-state index contributed by atoms with van der Waals surface area (Å²) in [6.45, 7) is 2.49. The van der Waals surface area contributed by atoms with Gasteiger partial charge >= 0.3 is 6.03 Å². The molecule has 3 aliphatic rings. The van der Waals surface area contributed by atoms with Crippen LogP contribution in [0.4, 0.5) is 4.79 Å². The maximum absolute atomic E-state index is 12.7. The van der Waals surface area contributed by atoms with Crippen LogP contribution in [0.25, 0.3) is 0 Å². The van der Waals surface area contributed by atoms with Gasteiger partial charge in [0.1, 0.15) is 12.1 Å². The Morgan fingerprint density at radius 2 is 2.12 bits per heavy atom. The number of imide groups is 1. The number of carbonyl (C=O) groups is 3. The van der Waals surface area contributed by atoms with Gasteiger partial charge in [-0.2, -0.15) is 0 Å². The first-order valence-corrected chi connectivity index (χ1v) is 9.40. The van der Waals surface area contributed by atoms with E-state index in [1.54, 1.807) is 16.2 Å². The molecule has 1 saturated carbocycles. The molecule has 4 amide bonds. The highest BCUT2D eigenvalue weighted by molar-refractivity contribution is 7.10. The summed E-state index contributed by atoms with van der Waals surface area (Å²) in [7, 11) is 0. The Bertz CT molecular complexity index is 708. The minimum atomic E-state index is -0.745. The number of urea groups is 1. The van der Waals surface area contributed by atoms with Crippen LogP contribution < -0.4 is 5.32 Å². The van der Waals surface area contributed by atoms with Crippen molar-refractivity contribution >= 4 is 29.2 Å². The molecule has 0 bridgehead atoms. The van der Waals surface area contributed by atoms with Crippen molar-refractivity contribution in [3.8, 4) is 0 Å². The minimum absolute atomic E-state index is 0.00583. The second-order valence-electron chi connectivity index (χ2n) is 6.92. The Balaban J connectivity index is 1.49. The highest BCUT2D eigenvalue weighted by atomic mass is 32.1. The Morgan fingerprint density at radius 1 is 1.38 bits per heavy atom. The predicted molar refractivity (Wildman–Crippen MR) is 89.6 cm³/mol. The highest BCUT2D eigenvalue weighted by Crippen LogP contribution is 2.36. The van der Waals surface area contributed by atoms with Crippen LogP contribution in [0.1, 0.15) is 49.1 Å². The molecule has 7 heteroatoms. The molecule has 1 saturated heterocycles. The van der Waals surface area contributed by atoms with Crippen LogP contribution in [0.15, 0.2) is 11.4 Å². The number of hydrogen-bond acceptors (Lipinski definition) is 4. The first-order chi connectivity index (χ1) is 11.5. The van der Waals surface area contributed by atoms with E-state index in [1.807, 2.05) is 6.92 Å². The number of fused-ring (bicyclic) bond motifs is 1. The van der Waals surface area contributed by atoms with Crippen molar-refractivity contribution in [3.05, 3.63) is 21.9 Å². The van der Waals surface area contributed by atoms with Crippen molar-refractivity contribution in [3.63, 3.8) is 0 Å². The van der Waals surface area contributed by atoms with Gasteiger partial charge in [0, 0.05) is 11.4 Å². The van der Waals surface area contributed by atoms with Gasteiger partial charge < -0.3 is 10.2 Å². The largest absolute Gasteiger partial charge is 0.334 e. The second kappa shape index (κ2) is 5.58. The molecule has 24 heavy (non-hydrogen) atoms. The number of thiophene rings is 1. The fraction of sp³-hybridized carbons (Fsp3) is 0.588. The zero-order valence-corrected chi connectivity index (χ0v) is 14.5. The third-order valence-corrected chi connectivity index (χ3v) is 6.59. The van der Waals surface area contributed by atoms with Gasteiger partial charge in [-0.25, -0.2) is 4.79 Å². The molecular formula is C17H21N3O3S. The number of rotatable bonds is 2. The van der Waals surface area contributed by atoms with Gasteiger partial charge in [-0.3, -0.25) is 14.5 Å². The maximum atomic E-state index is 12.7. The van der Waals surface area contributed by atoms with Gasteiger partial charge in [0.25, 0.3) is 5.91 Å². The van der Waals surface area contributed by atoms with E-state index in [1.165, 1.54) is 10.4 Å². The monoisotopic (exact) mass is 347 g/mol. The lowest BCUT2D eigenvalue weighted by molar-refractivity contribution is -0.140. The standard InChI is InChI=1S/C17H21N3O3S/c1-11-12-5-9-24-13(12)4-8-19(11)14(21)10-20-15(22)17(18-16(20)23)6-2-3-7-17/h5,9,11H,2-4,6-8,10H2,1H3,(H,18,23). The summed E-state index contributed by atoms with van der Waals surface area (Å²) in [6.07, 6.45) is 4.09. The van der Waals surface area contributed by atoms with Crippen LogP contribution in [-0.4, -0.2) is 46.3 Å². The Kier molecular flexibility index (Phi) is 3.63. The predicted octanol–water partition coefficient (Wildman–Crippen LogP) is 2.06. The molecule has 1 spiro atoms. The van der Waals surface area contributed by atoms with E-state index in [4.69, 9.17) is 0 Å². The van der Waals surface area contributed by atoms with E-state index in [-0.39, 0.29) is 24.4 Å². The fourth-order valence-electron chi connectivity index (χ4n) is 4.21. The smallest absolute Gasteiger partial charge is 0.325 e. The van der Waals surface area contributed by atoms with Crippen LogP contribution in [0.5, 0.6) is 0 Å². The Labute approximate surface area is 144 Å². The summed E-state index contributed by atoms with van der Waals surface area (Å²) in [6, 6.07) is 1.63. The first-order valence-electron chi connectivity index (χ1n) is 8.52. The molecule has 4 rings (SSSR count). The molecule has 1 N–H and O–H groups in total. The van der Waals surface area contributed by atoms with Crippen LogP contribution >= 0.6 is 11.3 Å². The summed E-state index contributed by atoms with van der Waals surface area (Å²) in [5.74, 6) is -0.378. The third-order valence-electron chi connectivity index (χ3n) is 5.59. The SMILES string of the molecule is CC1c2ccsc2CCN1C(=O)CN1C(=O)NC2(CCCC2)C1=O. The van der Waals surface area contributed by atoms with Crippen molar-refractivity contribution in [2.75, 3.05) is 13.1 Å². The molecule has 3 heterocycles. The Morgan fingerprint density at radius 3 is 2.88 bits per heavy atom. The molecule has 0 radical (unpaired) electrons. The minimum Gasteiger partial charge on any atom is -0.334 e. The molecule has 2 aliphatic heterocycles. The van der Waals surface area contributed by atoms with Crippen LogP contribution in [0.3, 0.4) is 0 Å². The molecule has 1 aromatic rings. The van der Waals surface area contributed by atoms with E-state index in [9.17, 15) is 14.4 Å². The fourth-order valence-corrected chi connectivity index (χ4v) is 5.18. The molecule has 2 fully saturated rings. The quantitative estimate of drug-likeness (QED) is 0.833. The van der Waals surface area contributed by atoms with Crippen LogP contribution in [0, 0.1) is 0 Å². The van der Waals surface area contributed by atoms with Gasteiger partial charge in [0.15, 0.2) is 0 Å². The first kappa shape index (κ1) is 15.6. The van der Waals surface area contributed by atoms with E-state index in [0.717, 1.165) is 24.2 Å². The van der Waals surface area contributed by atoms with E-state index in [2.05, 4.69) is 16.8 Å². The van der Waals surface area contributed by atoms with Gasteiger partial charge in [0.2, 0.25) is 5.91 Å². The van der Waals surface area contributed by atoms with Crippen molar-refractivity contribution in [2.45, 2.75) is 50.6 Å². The van der Waals surface area contributed by atoms with Crippen molar-refractivity contribution in [1.82, 2.24) is 15.1 Å². The molecule has 1 aliphatic carbocycles. The zero-order valence-electron chi connectivity index (χ0n) is 13.7. The lowest BCUT2D eigenvalue weighted by Gasteiger charge is -2.34. The van der Waals surface area contributed by atoms with E-state index < -0.39 is 11.6 Å². The Hall–Kier alpha value is -1.89. The van der Waals surface area contributed by atoms with Gasteiger partial charge in [0.05, 0.1) is 6.04 Å². The van der Waals surface area contributed by atoms with Gasteiger partial charge in [-0.05, 0) is 43.2 Å². The van der Waals surface area contributed by atoms with Crippen LogP contribution in [-0.2, 0) is 16.0 Å². The summed E-state index contributed by atoms with van der Waals surface area (Å²) >= 11 is 1.72. The molecule has 1 aromatic heterocycles. The summed E-state index contributed by atoms with van der Waals surface area (Å²) in [4.78, 5) is 41.9. The van der Waals surface area contributed by atoms with Crippen molar-refractivity contribution in [1.29, 1.82) is 0 Å². The lowest BCUT2D eigenvalue weighted by Crippen LogP contribution is -2.47. The summed E-state index contributed by atoms with van der Waals surface area (Å²) in [5, 5.41) is 4.88. The molecule has 0 aromatic carbocycles. The van der Waals surface area contributed by atoms with Gasteiger partial charge in [-0.15, -0.1) is 11.3 Å². The molecule has 128 valence electrons. The lowest BCUT2D eigenvalue weighted by atomic mass is 9.98. The average Bonchev–Trinajstić information content (AvgIpc) is 3.25. The zero-order chi connectivity index (χ0) is 16.9. The molecule has 1 unspecified atom stereocenters. The second-order valence-corrected chi connectivity index (χ2v) is 7.92. The highest BCUT2D eigenvalue weighted by Gasteiger charge is 2.53. The molecular weight excluding hydrogens is 326 g/mol.